The minimum Gasteiger partial charge on any atom is -0.421 e. The van der Waals surface area contributed by atoms with E-state index in [0.717, 1.165) is 11.1 Å². The number of hydrogen-bond donors (Lipinski definition) is 0. The Bertz CT molecular complexity index is 1120. The standard InChI is InChI=1S/C24H23Cl2N3O3/c1-15-2-4-17(5-3-15)24-28-27-21(32-24)8-9-22(30)29-12-10-16(11-13-29)23(31)18-6-7-19(25)20(26)14-18/h2-7,14,16H,8-13H2,1H3. The lowest BCUT2D eigenvalue weighted by Gasteiger charge is -2.31. The maximum Gasteiger partial charge on any atom is 0.247 e. The highest BCUT2D eigenvalue weighted by atomic mass is 35.5. The van der Waals surface area contributed by atoms with E-state index >= 15 is 0 Å². The lowest BCUT2D eigenvalue weighted by Crippen LogP contribution is -2.40. The molecule has 1 fully saturated rings. The molecule has 8 heteroatoms. The number of aryl methyl sites for hydroxylation is 2. The number of amides is 1. The number of Topliss-reactive ketones (excluding diaryl/α,β-unsaturated/α-hetero) is 1. The number of aromatic nitrogens is 2. The van der Waals surface area contributed by atoms with Crippen LogP contribution in [-0.4, -0.2) is 39.9 Å². The van der Waals surface area contributed by atoms with Gasteiger partial charge in [0.25, 0.3) is 0 Å². The van der Waals surface area contributed by atoms with Crippen LogP contribution >= 0.6 is 23.2 Å². The van der Waals surface area contributed by atoms with Gasteiger partial charge in [-0.05, 0) is 50.1 Å². The van der Waals surface area contributed by atoms with Crippen LogP contribution in [0.15, 0.2) is 46.9 Å². The summed E-state index contributed by atoms with van der Waals surface area (Å²) in [6.45, 7) is 3.12. The maximum absolute atomic E-state index is 12.8. The van der Waals surface area contributed by atoms with Crippen molar-refractivity contribution in [2.45, 2.75) is 32.6 Å². The fourth-order valence-electron chi connectivity index (χ4n) is 3.82. The van der Waals surface area contributed by atoms with E-state index in [1.165, 1.54) is 0 Å². The van der Waals surface area contributed by atoms with Crippen molar-refractivity contribution >= 4 is 34.9 Å². The van der Waals surface area contributed by atoms with Crippen molar-refractivity contribution in [2.75, 3.05) is 13.1 Å². The number of carbonyl (C=O) groups excluding carboxylic acids is 2. The number of rotatable bonds is 6. The van der Waals surface area contributed by atoms with E-state index < -0.39 is 0 Å². The smallest absolute Gasteiger partial charge is 0.247 e. The number of ketones is 1. The topological polar surface area (TPSA) is 76.3 Å². The van der Waals surface area contributed by atoms with Gasteiger partial charge in [0.15, 0.2) is 5.78 Å². The second kappa shape index (κ2) is 9.84. The Kier molecular flexibility index (Phi) is 6.92. The first-order valence-corrected chi connectivity index (χ1v) is 11.3. The molecule has 0 N–H and O–H groups in total. The Hall–Kier alpha value is -2.70. The molecule has 2 aromatic carbocycles. The number of halogens is 2. The largest absolute Gasteiger partial charge is 0.421 e. The van der Waals surface area contributed by atoms with Crippen molar-refractivity contribution in [2.24, 2.45) is 5.92 Å². The van der Waals surface area contributed by atoms with Gasteiger partial charge in [-0.3, -0.25) is 9.59 Å². The van der Waals surface area contributed by atoms with Gasteiger partial charge in [-0.25, -0.2) is 0 Å². The molecule has 2 heterocycles. The summed E-state index contributed by atoms with van der Waals surface area (Å²) >= 11 is 12.0. The Labute approximate surface area is 196 Å². The molecule has 166 valence electrons. The first-order valence-electron chi connectivity index (χ1n) is 10.6. The van der Waals surface area contributed by atoms with Crippen LogP contribution < -0.4 is 0 Å². The molecule has 1 saturated heterocycles. The van der Waals surface area contributed by atoms with Gasteiger partial charge < -0.3 is 9.32 Å². The summed E-state index contributed by atoms with van der Waals surface area (Å²) in [4.78, 5) is 27.2. The number of hydrogen-bond acceptors (Lipinski definition) is 5. The van der Waals surface area contributed by atoms with Gasteiger partial charge in [0.2, 0.25) is 17.7 Å². The van der Waals surface area contributed by atoms with Crippen LogP contribution in [0.25, 0.3) is 11.5 Å². The summed E-state index contributed by atoms with van der Waals surface area (Å²) in [7, 11) is 0. The summed E-state index contributed by atoms with van der Waals surface area (Å²) < 4.78 is 5.71. The van der Waals surface area contributed by atoms with Gasteiger partial charge in [0, 0.05) is 43.0 Å². The third kappa shape index (κ3) is 5.19. The quantitative estimate of drug-likeness (QED) is 0.449. The van der Waals surface area contributed by atoms with Crippen LogP contribution in [0.4, 0.5) is 0 Å². The van der Waals surface area contributed by atoms with Crippen molar-refractivity contribution < 1.29 is 14.0 Å². The van der Waals surface area contributed by atoms with Crippen LogP contribution in [0, 0.1) is 12.8 Å². The van der Waals surface area contributed by atoms with Crippen molar-refractivity contribution in [3.63, 3.8) is 0 Å². The maximum atomic E-state index is 12.8. The molecule has 0 spiro atoms. The fraction of sp³-hybridized carbons (Fsp3) is 0.333. The molecular formula is C24H23Cl2N3O3. The van der Waals surface area contributed by atoms with E-state index in [-0.39, 0.29) is 17.6 Å². The lowest BCUT2D eigenvalue weighted by atomic mass is 9.89. The molecule has 0 aliphatic carbocycles. The first-order chi connectivity index (χ1) is 15.4. The highest BCUT2D eigenvalue weighted by molar-refractivity contribution is 6.42. The third-order valence-corrected chi connectivity index (χ3v) is 6.48. The summed E-state index contributed by atoms with van der Waals surface area (Å²) in [6.07, 6.45) is 1.94. The third-order valence-electron chi connectivity index (χ3n) is 5.74. The SMILES string of the molecule is Cc1ccc(-c2nnc(CCC(=O)N3CCC(C(=O)c4ccc(Cl)c(Cl)c4)CC3)o2)cc1. The predicted octanol–water partition coefficient (Wildman–Crippen LogP) is 5.41. The Morgan fingerprint density at radius 1 is 1.03 bits per heavy atom. The fourth-order valence-corrected chi connectivity index (χ4v) is 4.11. The zero-order chi connectivity index (χ0) is 22.7. The van der Waals surface area contributed by atoms with Gasteiger partial charge in [-0.2, -0.15) is 0 Å². The van der Waals surface area contributed by atoms with E-state index in [4.69, 9.17) is 27.6 Å². The molecule has 1 aliphatic rings. The van der Waals surface area contributed by atoms with Crippen molar-refractivity contribution in [1.82, 2.24) is 15.1 Å². The van der Waals surface area contributed by atoms with Gasteiger partial charge in [-0.1, -0.05) is 40.9 Å². The molecule has 0 bridgehead atoms. The molecule has 1 aliphatic heterocycles. The average Bonchev–Trinajstić information content (AvgIpc) is 3.28. The highest BCUT2D eigenvalue weighted by Gasteiger charge is 2.28. The van der Waals surface area contributed by atoms with Crippen LogP contribution in [0.2, 0.25) is 10.0 Å². The van der Waals surface area contributed by atoms with E-state index in [1.54, 1.807) is 23.1 Å². The van der Waals surface area contributed by atoms with E-state index in [2.05, 4.69) is 10.2 Å². The molecule has 1 amide bonds. The van der Waals surface area contributed by atoms with Gasteiger partial charge in [-0.15, -0.1) is 10.2 Å². The zero-order valence-electron chi connectivity index (χ0n) is 17.7. The lowest BCUT2D eigenvalue weighted by molar-refractivity contribution is -0.132. The number of carbonyl (C=O) groups is 2. The number of piperidine rings is 1. The van der Waals surface area contributed by atoms with Gasteiger partial charge in [0.05, 0.1) is 10.0 Å². The summed E-state index contributed by atoms with van der Waals surface area (Å²) in [5.74, 6) is 0.850. The van der Waals surface area contributed by atoms with E-state index in [1.807, 2.05) is 31.2 Å². The highest BCUT2D eigenvalue weighted by Crippen LogP contribution is 2.27. The summed E-state index contributed by atoms with van der Waals surface area (Å²) in [5.41, 5.74) is 2.57. The number of benzene rings is 2. The van der Waals surface area contributed by atoms with Gasteiger partial charge >= 0.3 is 0 Å². The number of likely N-dealkylation sites (tertiary alicyclic amines) is 1. The molecule has 3 aromatic rings. The summed E-state index contributed by atoms with van der Waals surface area (Å²) in [6, 6.07) is 12.8. The Morgan fingerprint density at radius 3 is 2.44 bits per heavy atom. The van der Waals surface area contributed by atoms with E-state index in [0.29, 0.717) is 66.2 Å². The summed E-state index contributed by atoms with van der Waals surface area (Å²) in [5, 5.41) is 8.94. The molecule has 0 atom stereocenters. The Balaban J connectivity index is 1.27. The second-order valence-electron chi connectivity index (χ2n) is 8.02. The van der Waals surface area contributed by atoms with Crippen LogP contribution in [0.1, 0.15) is 41.1 Å². The van der Waals surface area contributed by atoms with Crippen molar-refractivity contribution in [1.29, 1.82) is 0 Å². The molecule has 0 saturated carbocycles. The molecule has 0 unspecified atom stereocenters. The molecule has 6 nitrogen and oxygen atoms in total. The average molecular weight is 472 g/mol. The molecule has 4 rings (SSSR count). The first kappa shape index (κ1) is 22.5. The minimum atomic E-state index is -0.121. The molecular weight excluding hydrogens is 449 g/mol. The van der Waals surface area contributed by atoms with Crippen LogP contribution in [-0.2, 0) is 11.2 Å². The predicted molar refractivity (Wildman–Crippen MR) is 123 cm³/mol. The second-order valence-corrected chi connectivity index (χ2v) is 8.83. The zero-order valence-corrected chi connectivity index (χ0v) is 19.2. The van der Waals surface area contributed by atoms with Crippen LogP contribution in [0.3, 0.4) is 0 Å². The van der Waals surface area contributed by atoms with Crippen LogP contribution in [0.5, 0.6) is 0 Å². The number of nitrogens with zero attached hydrogens (tertiary/aromatic N) is 3. The van der Waals surface area contributed by atoms with E-state index in [9.17, 15) is 9.59 Å². The monoisotopic (exact) mass is 471 g/mol. The minimum absolute atomic E-state index is 0.0283. The van der Waals surface area contributed by atoms with Crippen molar-refractivity contribution in [3.8, 4) is 11.5 Å². The molecule has 0 radical (unpaired) electrons. The normalized spacial score (nSPS) is 14.5. The van der Waals surface area contributed by atoms with Gasteiger partial charge in [0.1, 0.15) is 0 Å². The Morgan fingerprint density at radius 2 is 1.75 bits per heavy atom. The molecule has 32 heavy (non-hydrogen) atoms. The molecule has 1 aromatic heterocycles. The van der Waals surface area contributed by atoms with Crippen molar-refractivity contribution in [3.05, 3.63) is 69.5 Å².